The lowest BCUT2D eigenvalue weighted by molar-refractivity contribution is -0.140. The average Bonchev–Trinajstić information content (AvgIpc) is 2.80. The number of pyridine rings is 1. The highest BCUT2D eigenvalue weighted by molar-refractivity contribution is 9.10. The van der Waals surface area contributed by atoms with E-state index >= 15 is 0 Å². The summed E-state index contributed by atoms with van der Waals surface area (Å²) in [6.45, 7) is 0.381. The molecule has 2 heterocycles. The van der Waals surface area contributed by atoms with Crippen LogP contribution < -0.4 is 21.7 Å². The summed E-state index contributed by atoms with van der Waals surface area (Å²) in [4.78, 5) is 49.2. The topological polar surface area (TPSA) is 198 Å². The zero-order valence-electron chi connectivity index (χ0n) is 18.0. The van der Waals surface area contributed by atoms with Crippen molar-refractivity contribution in [1.82, 2.24) is 20.3 Å². The van der Waals surface area contributed by atoms with Gasteiger partial charge in [-0.15, -0.1) is 0 Å². The van der Waals surface area contributed by atoms with Crippen LogP contribution in [-0.4, -0.2) is 56.1 Å². The van der Waals surface area contributed by atoms with Gasteiger partial charge in [0.15, 0.2) is 5.65 Å². The van der Waals surface area contributed by atoms with Crippen LogP contribution >= 0.6 is 15.9 Å². The van der Waals surface area contributed by atoms with Crippen molar-refractivity contribution in [3.05, 3.63) is 46.2 Å². The molecule has 0 aliphatic heterocycles. The number of hydrogen-bond donors (Lipinski definition) is 5. The van der Waals surface area contributed by atoms with Crippen LogP contribution in [0.4, 0.5) is 17.2 Å². The molecule has 3 rings (SSSR count). The van der Waals surface area contributed by atoms with Crippen LogP contribution in [0.3, 0.4) is 0 Å². The number of carbonyl (C=O) groups is 3. The molecular weight excluding hydrogens is 510 g/mol. The van der Waals surface area contributed by atoms with E-state index in [0.717, 1.165) is 5.69 Å². The van der Waals surface area contributed by atoms with E-state index in [9.17, 15) is 19.5 Å². The fourth-order valence-electron chi connectivity index (χ4n) is 3.13. The van der Waals surface area contributed by atoms with Crippen LogP contribution in [0.15, 0.2) is 34.9 Å². The summed E-state index contributed by atoms with van der Waals surface area (Å²) in [6.07, 6.45) is 0.988. The Bertz CT molecular complexity index is 1250. The van der Waals surface area contributed by atoms with Crippen molar-refractivity contribution < 1.29 is 24.6 Å². The number of halogens is 1. The van der Waals surface area contributed by atoms with Gasteiger partial charge < -0.3 is 31.9 Å². The third-order valence-corrected chi connectivity index (χ3v) is 5.80. The van der Waals surface area contributed by atoms with Crippen molar-refractivity contribution in [2.45, 2.75) is 25.4 Å². The lowest BCUT2D eigenvalue weighted by Crippen LogP contribution is -2.41. The third-order valence-electron chi connectivity index (χ3n) is 4.97. The molecule has 0 radical (unpaired) electrons. The normalized spacial score (nSPS) is 11.7. The molecule has 34 heavy (non-hydrogen) atoms. The molecule has 0 saturated heterocycles. The second-order valence-corrected chi connectivity index (χ2v) is 8.25. The number of benzene rings is 1. The quantitative estimate of drug-likeness (QED) is 0.268. The van der Waals surface area contributed by atoms with Crippen LogP contribution in [0.5, 0.6) is 0 Å². The molecule has 0 saturated carbocycles. The van der Waals surface area contributed by atoms with E-state index in [1.165, 1.54) is 0 Å². The summed E-state index contributed by atoms with van der Waals surface area (Å²) in [7, 11) is 1.83. The molecule has 12 nitrogen and oxygen atoms in total. The number of nitrogen functional groups attached to an aromatic ring is 2. The Morgan fingerprint density at radius 2 is 1.82 bits per heavy atom. The summed E-state index contributed by atoms with van der Waals surface area (Å²) in [5.74, 6) is -2.82. The van der Waals surface area contributed by atoms with E-state index < -0.39 is 23.9 Å². The highest BCUT2D eigenvalue weighted by Crippen LogP contribution is 2.30. The fraction of sp³-hybridized carbons (Fsp3) is 0.238. The zero-order valence-corrected chi connectivity index (χ0v) is 19.6. The number of carbonyl (C=O) groups excluding carboxylic acids is 1. The number of carboxylic acid groups (broad SMARTS) is 2. The van der Waals surface area contributed by atoms with E-state index in [-0.39, 0.29) is 24.2 Å². The first kappa shape index (κ1) is 24.6. The van der Waals surface area contributed by atoms with E-state index in [0.29, 0.717) is 33.6 Å². The van der Waals surface area contributed by atoms with Crippen LogP contribution in [0, 0.1) is 0 Å². The van der Waals surface area contributed by atoms with Crippen LogP contribution in [0.2, 0.25) is 0 Å². The molecule has 7 N–H and O–H groups in total. The SMILES string of the molecule is CN(Cc1cnc2nc(N)c(Br)c(N)c2n1)c1ccc(C(=O)N[C@@H](CCC(=O)O)C(=O)O)cc1. The Kier molecular flexibility index (Phi) is 7.46. The van der Waals surface area contributed by atoms with Crippen molar-refractivity contribution in [3.8, 4) is 0 Å². The van der Waals surface area contributed by atoms with E-state index in [1.807, 2.05) is 11.9 Å². The van der Waals surface area contributed by atoms with Crippen molar-refractivity contribution in [2.75, 3.05) is 23.4 Å². The van der Waals surface area contributed by atoms with Crippen LogP contribution in [0.1, 0.15) is 28.9 Å². The molecule has 2 aromatic heterocycles. The van der Waals surface area contributed by atoms with E-state index in [2.05, 4.69) is 36.2 Å². The molecule has 0 aliphatic carbocycles. The number of nitrogens with one attached hydrogen (secondary N) is 1. The van der Waals surface area contributed by atoms with E-state index in [4.69, 9.17) is 16.6 Å². The van der Waals surface area contributed by atoms with Gasteiger partial charge in [-0.05, 0) is 46.6 Å². The van der Waals surface area contributed by atoms with Gasteiger partial charge in [0.25, 0.3) is 5.91 Å². The summed E-state index contributed by atoms with van der Waals surface area (Å²) >= 11 is 3.29. The van der Waals surface area contributed by atoms with Gasteiger partial charge in [-0.2, -0.15) is 0 Å². The van der Waals surface area contributed by atoms with Crippen molar-refractivity contribution in [2.24, 2.45) is 0 Å². The Morgan fingerprint density at radius 3 is 2.44 bits per heavy atom. The van der Waals surface area contributed by atoms with Gasteiger partial charge in [-0.1, -0.05) is 0 Å². The first-order chi connectivity index (χ1) is 16.1. The maximum Gasteiger partial charge on any atom is 0.326 e. The van der Waals surface area contributed by atoms with E-state index in [1.54, 1.807) is 30.5 Å². The summed E-state index contributed by atoms with van der Waals surface area (Å²) in [6, 6.07) is 5.19. The standard InChI is InChI=1S/C21H22BrN7O5/c1-29(9-11-8-25-19-17(26-11)16(23)15(22)18(24)28-19)12-4-2-10(3-5-12)20(32)27-13(21(33)34)6-7-14(30)31/h2-5,8,13H,6-7,9H2,1H3,(H,27,32)(H,30,31)(H,33,34)(H4,23,24,25,28)/t13-/m0/s1. The Hall–Kier alpha value is -4.00. The first-order valence-electron chi connectivity index (χ1n) is 9.99. The molecule has 0 spiro atoms. The molecule has 1 atom stereocenters. The smallest absolute Gasteiger partial charge is 0.326 e. The van der Waals surface area contributed by atoms with Crippen molar-refractivity contribution in [1.29, 1.82) is 0 Å². The molecule has 178 valence electrons. The number of nitrogens with two attached hydrogens (primary N) is 2. The highest BCUT2D eigenvalue weighted by Gasteiger charge is 2.21. The number of aliphatic carboxylic acids is 2. The number of amides is 1. The van der Waals surface area contributed by atoms with Gasteiger partial charge in [-0.25, -0.2) is 19.7 Å². The van der Waals surface area contributed by atoms with Gasteiger partial charge in [0, 0.05) is 24.7 Å². The number of aromatic nitrogens is 3. The maximum absolute atomic E-state index is 12.4. The van der Waals surface area contributed by atoms with Gasteiger partial charge in [0.05, 0.1) is 28.6 Å². The maximum atomic E-state index is 12.4. The molecular formula is C21H22BrN7O5. The van der Waals surface area contributed by atoms with Gasteiger partial charge >= 0.3 is 11.9 Å². The summed E-state index contributed by atoms with van der Waals surface area (Å²) < 4.78 is 0.460. The van der Waals surface area contributed by atoms with Gasteiger partial charge in [-0.3, -0.25) is 9.59 Å². The Balaban J connectivity index is 1.70. The molecule has 0 unspecified atom stereocenters. The fourth-order valence-corrected chi connectivity index (χ4v) is 3.41. The second-order valence-electron chi connectivity index (χ2n) is 7.46. The molecule has 0 aliphatic rings. The molecule has 1 amide bonds. The van der Waals surface area contributed by atoms with Crippen molar-refractivity contribution in [3.63, 3.8) is 0 Å². The molecule has 0 fully saturated rings. The van der Waals surface area contributed by atoms with Crippen molar-refractivity contribution >= 4 is 62.1 Å². The minimum Gasteiger partial charge on any atom is -0.481 e. The first-order valence-corrected chi connectivity index (χ1v) is 10.8. The number of hydrogen-bond acceptors (Lipinski definition) is 9. The Morgan fingerprint density at radius 1 is 1.15 bits per heavy atom. The molecule has 3 aromatic rings. The van der Waals surface area contributed by atoms with Crippen LogP contribution in [-0.2, 0) is 16.1 Å². The highest BCUT2D eigenvalue weighted by atomic mass is 79.9. The predicted molar refractivity (Wildman–Crippen MR) is 128 cm³/mol. The molecule has 1 aromatic carbocycles. The monoisotopic (exact) mass is 531 g/mol. The van der Waals surface area contributed by atoms with Crippen LogP contribution in [0.25, 0.3) is 11.2 Å². The Labute approximate surface area is 202 Å². The largest absolute Gasteiger partial charge is 0.481 e. The second kappa shape index (κ2) is 10.3. The molecule has 0 bridgehead atoms. The lowest BCUT2D eigenvalue weighted by Gasteiger charge is -2.19. The lowest BCUT2D eigenvalue weighted by atomic mass is 10.1. The summed E-state index contributed by atoms with van der Waals surface area (Å²) in [5, 5.41) is 20.3. The third kappa shape index (κ3) is 5.67. The number of nitrogens with zero attached hydrogens (tertiary/aromatic N) is 4. The number of carboxylic acids is 2. The van der Waals surface area contributed by atoms with Gasteiger partial charge in [0.2, 0.25) is 0 Å². The summed E-state index contributed by atoms with van der Waals surface area (Å²) in [5.41, 5.74) is 14.6. The average molecular weight is 532 g/mol. The number of anilines is 3. The number of rotatable bonds is 9. The predicted octanol–water partition coefficient (Wildman–Crippen LogP) is 1.64. The molecule has 13 heteroatoms. The number of fused-ring (bicyclic) bond motifs is 1. The minimum absolute atomic E-state index is 0.215. The van der Waals surface area contributed by atoms with Gasteiger partial charge in [0.1, 0.15) is 17.4 Å². The zero-order chi connectivity index (χ0) is 25.0. The minimum atomic E-state index is -1.30.